The molecule has 5 nitrogen and oxygen atoms in total. The maximum Gasteiger partial charge on any atom is 0.450 e. The third kappa shape index (κ3) is 4.62. The molecule has 0 aliphatic rings. The largest absolute Gasteiger partial charge is 0.450 e. The zero-order valence-corrected chi connectivity index (χ0v) is 10.7. The van der Waals surface area contributed by atoms with Gasteiger partial charge >= 0.3 is 6.18 Å². The minimum atomic E-state index is -4.89. The summed E-state index contributed by atoms with van der Waals surface area (Å²) in [5, 5.41) is 3.56. The molecule has 0 amide bonds. The topological polar surface area (TPSA) is 65.2 Å². The van der Waals surface area contributed by atoms with Crippen LogP contribution in [0.4, 0.5) is 13.2 Å². The van der Waals surface area contributed by atoms with Crippen LogP contribution in [0.3, 0.4) is 0 Å². The average molecular weight is 280 g/mol. The van der Waals surface area contributed by atoms with Crippen LogP contribution in [0.5, 0.6) is 0 Å². The summed E-state index contributed by atoms with van der Waals surface area (Å²) in [6, 6.07) is 0. The van der Waals surface area contributed by atoms with E-state index in [1.807, 2.05) is 6.92 Å². The molecule has 0 aliphatic carbocycles. The lowest BCUT2D eigenvalue weighted by molar-refractivity contribution is -0.170. The molecule has 0 saturated heterocycles. The summed E-state index contributed by atoms with van der Waals surface area (Å²) < 4.78 is 46.2. The van der Waals surface area contributed by atoms with Crippen molar-refractivity contribution < 1.29 is 27.2 Å². The molecule has 0 bridgehead atoms. The third-order valence-electron chi connectivity index (χ3n) is 2.32. The molecule has 8 heteroatoms. The van der Waals surface area contributed by atoms with E-state index in [1.54, 1.807) is 6.92 Å². The van der Waals surface area contributed by atoms with E-state index in [9.17, 15) is 18.0 Å². The van der Waals surface area contributed by atoms with Gasteiger partial charge in [-0.15, -0.1) is 0 Å². The number of alkyl halides is 3. The van der Waals surface area contributed by atoms with E-state index in [0.29, 0.717) is 13.0 Å². The van der Waals surface area contributed by atoms with Gasteiger partial charge in [-0.3, -0.25) is 4.79 Å². The molecule has 0 fully saturated rings. The Balaban J connectivity index is 2.72. The number of ketones is 1. The van der Waals surface area contributed by atoms with Crippen molar-refractivity contribution in [3.8, 4) is 0 Å². The van der Waals surface area contributed by atoms with Gasteiger partial charge in [-0.1, -0.05) is 18.5 Å². The molecule has 0 radical (unpaired) electrons. The fourth-order valence-corrected chi connectivity index (χ4v) is 1.46. The lowest BCUT2D eigenvalue weighted by atomic mass is 10.2. The number of Topliss-reactive ketones (excluding diaryl/α,β-unsaturated/α-hetero) is 1. The zero-order chi connectivity index (χ0) is 14.5. The van der Waals surface area contributed by atoms with Gasteiger partial charge in [0.2, 0.25) is 17.5 Å². The van der Waals surface area contributed by atoms with Gasteiger partial charge in [0.25, 0.3) is 0 Å². The fraction of sp³-hybridized carbons (Fsp3) is 0.727. The summed E-state index contributed by atoms with van der Waals surface area (Å²) in [5.41, 5.74) is 0. The summed E-state index contributed by atoms with van der Waals surface area (Å²) in [6.45, 7) is 4.15. The van der Waals surface area contributed by atoms with E-state index in [4.69, 9.17) is 4.74 Å². The molecule has 0 saturated carbocycles. The first kappa shape index (κ1) is 15.6. The van der Waals surface area contributed by atoms with Gasteiger partial charge in [-0.2, -0.15) is 18.2 Å². The van der Waals surface area contributed by atoms with Gasteiger partial charge < -0.3 is 9.26 Å². The van der Waals surface area contributed by atoms with Crippen molar-refractivity contribution >= 4 is 5.78 Å². The molecular formula is C11H15F3N2O3. The predicted octanol–water partition coefficient (Wildman–Crippen LogP) is 2.62. The summed E-state index contributed by atoms with van der Waals surface area (Å²) in [4.78, 5) is 14.6. The van der Waals surface area contributed by atoms with Crippen molar-refractivity contribution in [1.29, 1.82) is 0 Å². The van der Waals surface area contributed by atoms with E-state index < -0.39 is 24.5 Å². The Morgan fingerprint density at radius 3 is 2.63 bits per heavy atom. The van der Waals surface area contributed by atoms with Gasteiger partial charge in [-0.25, -0.2) is 0 Å². The van der Waals surface area contributed by atoms with Crippen LogP contribution in [-0.4, -0.2) is 28.7 Å². The highest BCUT2D eigenvalue weighted by atomic mass is 19.4. The molecule has 0 aromatic carbocycles. The monoisotopic (exact) mass is 280 g/mol. The Bertz CT molecular complexity index is 412. The van der Waals surface area contributed by atoms with Crippen molar-refractivity contribution in [3.63, 3.8) is 0 Å². The highest BCUT2D eigenvalue weighted by Gasteiger charge is 2.39. The molecule has 1 atom stereocenters. The first-order chi connectivity index (χ1) is 8.88. The van der Waals surface area contributed by atoms with E-state index >= 15 is 0 Å². The number of rotatable bonds is 7. The summed E-state index contributed by atoms with van der Waals surface area (Å²) in [7, 11) is 0. The molecule has 1 aromatic heterocycles. The van der Waals surface area contributed by atoms with Crippen molar-refractivity contribution in [2.24, 2.45) is 0 Å². The van der Waals surface area contributed by atoms with Crippen molar-refractivity contribution in [2.45, 2.75) is 45.4 Å². The molecule has 1 heterocycles. The Morgan fingerprint density at radius 1 is 1.42 bits per heavy atom. The minimum Gasteiger partial charge on any atom is -0.370 e. The number of aromatic nitrogens is 2. The molecule has 1 unspecified atom stereocenters. The molecule has 0 spiro atoms. The van der Waals surface area contributed by atoms with Gasteiger partial charge in [0.1, 0.15) is 6.10 Å². The molecule has 108 valence electrons. The SMILES string of the molecule is CCCC(OCC)c1noc(CC(=O)C(F)(F)F)n1. The molecule has 19 heavy (non-hydrogen) atoms. The number of halogens is 3. The summed E-state index contributed by atoms with van der Waals surface area (Å²) >= 11 is 0. The highest BCUT2D eigenvalue weighted by Crippen LogP contribution is 2.22. The van der Waals surface area contributed by atoms with Crippen LogP contribution in [0.25, 0.3) is 0 Å². The Kier molecular flexibility index (Phi) is 5.46. The second kappa shape index (κ2) is 6.65. The Hall–Kier alpha value is -1.44. The molecule has 1 aromatic rings. The van der Waals surface area contributed by atoms with Crippen molar-refractivity contribution in [1.82, 2.24) is 10.1 Å². The molecule has 0 N–H and O–H groups in total. The summed E-state index contributed by atoms with van der Waals surface area (Å²) in [6.07, 6.45) is -4.83. The molecule has 0 aliphatic heterocycles. The van der Waals surface area contributed by atoms with Crippen LogP contribution < -0.4 is 0 Å². The second-order valence-corrected chi connectivity index (χ2v) is 3.88. The number of carbonyl (C=O) groups is 1. The van der Waals surface area contributed by atoms with Crippen LogP contribution in [0.15, 0.2) is 4.52 Å². The van der Waals surface area contributed by atoms with E-state index in [1.165, 1.54) is 0 Å². The maximum atomic E-state index is 12.1. The number of hydrogen-bond donors (Lipinski definition) is 0. The maximum absolute atomic E-state index is 12.1. The van der Waals surface area contributed by atoms with E-state index in [2.05, 4.69) is 14.7 Å². The lowest BCUT2D eigenvalue weighted by Crippen LogP contribution is -2.24. The number of carbonyl (C=O) groups excluding carboxylic acids is 1. The quantitative estimate of drug-likeness (QED) is 0.768. The smallest absolute Gasteiger partial charge is 0.370 e. The number of ether oxygens (including phenoxy) is 1. The second-order valence-electron chi connectivity index (χ2n) is 3.88. The molecule has 1 rings (SSSR count). The predicted molar refractivity (Wildman–Crippen MR) is 58.3 cm³/mol. The van der Waals surface area contributed by atoms with Crippen LogP contribution >= 0.6 is 0 Å². The van der Waals surface area contributed by atoms with Crippen LogP contribution in [-0.2, 0) is 16.0 Å². The third-order valence-corrected chi connectivity index (χ3v) is 2.32. The van der Waals surface area contributed by atoms with Gasteiger partial charge in [0.15, 0.2) is 0 Å². The minimum absolute atomic E-state index is 0.175. The van der Waals surface area contributed by atoms with Gasteiger partial charge in [0, 0.05) is 6.61 Å². The van der Waals surface area contributed by atoms with Crippen molar-refractivity contribution in [3.05, 3.63) is 11.7 Å². The number of hydrogen-bond acceptors (Lipinski definition) is 5. The first-order valence-corrected chi connectivity index (χ1v) is 5.92. The van der Waals surface area contributed by atoms with E-state index in [0.717, 1.165) is 6.42 Å². The van der Waals surface area contributed by atoms with Gasteiger partial charge in [-0.05, 0) is 13.3 Å². The van der Waals surface area contributed by atoms with E-state index in [-0.39, 0.29) is 11.7 Å². The average Bonchev–Trinajstić information content (AvgIpc) is 2.76. The molecular weight excluding hydrogens is 265 g/mol. The van der Waals surface area contributed by atoms with Crippen molar-refractivity contribution in [2.75, 3.05) is 6.61 Å². The Labute approximate surface area is 108 Å². The fourth-order valence-electron chi connectivity index (χ4n) is 1.46. The standard InChI is InChI=1S/C11H15F3N2O3/c1-3-5-7(18-4-2)10-15-9(19-16-10)6-8(17)11(12,13)14/h7H,3-6H2,1-2H3. The first-order valence-electron chi connectivity index (χ1n) is 5.92. The van der Waals surface area contributed by atoms with Gasteiger partial charge in [0.05, 0.1) is 6.42 Å². The summed E-state index contributed by atoms with van der Waals surface area (Å²) in [5.74, 6) is -2.09. The zero-order valence-electron chi connectivity index (χ0n) is 10.7. The highest BCUT2D eigenvalue weighted by molar-refractivity contribution is 5.85. The lowest BCUT2D eigenvalue weighted by Gasteiger charge is -2.11. The van der Waals surface area contributed by atoms with Crippen LogP contribution in [0.1, 0.15) is 44.5 Å². The number of nitrogens with zero attached hydrogens (tertiary/aromatic N) is 2. The Morgan fingerprint density at radius 2 is 2.11 bits per heavy atom. The van der Waals surface area contributed by atoms with Crippen LogP contribution in [0.2, 0.25) is 0 Å². The van der Waals surface area contributed by atoms with Crippen LogP contribution in [0, 0.1) is 0 Å². The normalized spacial score (nSPS) is 13.5.